The molecule has 0 spiro atoms. The van der Waals surface area contributed by atoms with Gasteiger partial charge in [-0.15, -0.1) is 0 Å². The van der Waals surface area contributed by atoms with E-state index in [1.54, 1.807) is 83.1 Å². The van der Waals surface area contributed by atoms with Crippen LogP contribution in [0.15, 0.2) is 0 Å². The summed E-state index contributed by atoms with van der Waals surface area (Å²) >= 11 is 0. The molecule has 4 unspecified atom stereocenters. The van der Waals surface area contributed by atoms with Gasteiger partial charge in [-0.2, -0.15) is 87.8 Å². The van der Waals surface area contributed by atoms with Crippen LogP contribution in [0.3, 0.4) is 0 Å². The number of esters is 8. The van der Waals surface area contributed by atoms with Gasteiger partial charge in [-0.05, 0) is 108 Å². The van der Waals surface area contributed by atoms with E-state index in [2.05, 4.69) is 18.9 Å². The predicted molar refractivity (Wildman–Crippen MR) is 283 cm³/mol. The molecule has 0 heterocycles. The largest absolute Gasteiger partial charge is 0.459 e. The molecule has 0 saturated carbocycles. The van der Waals surface area contributed by atoms with Crippen molar-refractivity contribution in [1.29, 1.82) is 0 Å². The Hall–Kier alpha value is -5.64. The second kappa shape index (κ2) is 35.7. The maximum absolute atomic E-state index is 12.7. The van der Waals surface area contributed by atoms with Crippen LogP contribution in [0.4, 0.5) is 87.8 Å². The fraction of sp³-hybridized carbons (Fsp3) is 0.857. The summed E-state index contributed by atoms with van der Waals surface area (Å²) in [6.45, 7) is 19.6. The number of carbonyl (C=O) groups is 8. The van der Waals surface area contributed by atoms with Crippen molar-refractivity contribution >= 4 is 47.8 Å². The fourth-order valence-electron chi connectivity index (χ4n) is 5.15. The Bertz CT molecular complexity index is 2370. The molecule has 0 aromatic heterocycles. The average molecular weight is 1390 g/mol. The van der Waals surface area contributed by atoms with E-state index in [-0.39, 0.29) is 12.8 Å². The van der Waals surface area contributed by atoms with Gasteiger partial charge in [0.1, 0.15) is 22.4 Å². The number of hydrogen-bond acceptors (Lipinski definition) is 16. The molecule has 0 amide bonds. The molecule has 0 bridgehead atoms. The third-order valence-corrected chi connectivity index (χ3v) is 13.3. The number of halogens is 20. The molecule has 0 aliphatic rings. The molecule has 0 aliphatic heterocycles. The monoisotopic (exact) mass is 1390 g/mol. The van der Waals surface area contributed by atoms with E-state index >= 15 is 0 Å². The van der Waals surface area contributed by atoms with Gasteiger partial charge in [-0.3, -0.25) is 38.4 Å². The first-order valence-electron chi connectivity index (χ1n) is 28.0. The number of rotatable bonds is 30. The molecule has 0 radical (unpaired) electrons. The van der Waals surface area contributed by atoms with Gasteiger partial charge in [0.05, 0.1) is 48.3 Å². The Kier molecular flexibility index (Phi) is 36.0. The minimum absolute atomic E-state index is 0.156. The maximum Gasteiger partial charge on any atom is 0.456 e. The van der Waals surface area contributed by atoms with Gasteiger partial charge in [0.2, 0.25) is 0 Å². The molecule has 36 heteroatoms. The highest BCUT2D eigenvalue weighted by Gasteiger charge is 2.61. The predicted octanol–water partition coefficient (Wildman–Crippen LogP) is 15.5. The Balaban J connectivity index is -0.000000561. The molecule has 0 N–H and O–H groups in total. The van der Waals surface area contributed by atoms with E-state index in [4.69, 9.17) is 18.9 Å². The zero-order valence-corrected chi connectivity index (χ0v) is 54.1. The van der Waals surface area contributed by atoms with Crippen LogP contribution >= 0.6 is 0 Å². The Morgan fingerprint density at radius 2 is 0.522 bits per heavy atom. The Morgan fingerprint density at radius 3 is 0.750 bits per heavy atom. The van der Waals surface area contributed by atoms with Crippen LogP contribution < -0.4 is 0 Å². The highest BCUT2D eigenvalue weighted by Crippen LogP contribution is 2.40. The van der Waals surface area contributed by atoms with Gasteiger partial charge in [0, 0.05) is 0 Å². The smallest absolute Gasteiger partial charge is 0.456 e. The van der Waals surface area contributed by atoms with Crippen molar-refractivity contribution in [3.8, 4) is 0 Å². The van der Waals surface area contributed by atoms with Crippen LogP contribution in [0.25, 0.3) is 0 Å². The second-order valence-electron chi connectivity index (χ2n) is 24.0. The summed E-state index contributed by atoms with van der Waals surface area (Å²) in [5.41, 5.74) is -7.08. The van der Waals surface area contributed by atoms with Gasteiger partial charge in [-0.1, -0.05) is 55.4 Å². The molecule has 0 aromatic rings. The van der Waals surface area contributed by atoms with Crippen molar-refractivity contribution < 1.29 is 164 Å². The fourth-order valence-corrected chi connectivity index (χ4v) is 5.15. The molecular weight excluding hydrogens is 1310 g/mol. The normalized spacial score (nSPS) is 15.0. The summed E-state index contributed by atoms with van der Waals surface area (Å²) < 4.78 is 281. The lowest BCUT2D eigenvalue weighted by atomic mass is 9.89. The third kappa shape index (κ3) is 34.5. The Morgan fingerprint density at radius 1 is 0.304 bits per heavy atom. The minimum atomic E-state index is -5.81. The number of alkyl halides is 20. The van der Waals surface area contributed by atoms with Gasteiger partial charge >= 0.3 is 96.1 Å². The molecule has 4 atom stereocenters. The molecular formula is C56H84F20O16. The van der Waals surface area contributed by atoms with E-state index in [1.807, 2.05) is 0 Å². The highest BCUT2D eigenvalue weighted by atomic mass is 19.4. The SMILES string of the molecule is CCC(C)(C)C(=O)OC(C)(C)CC(=O)OCC(F)(F)C(F)(F)F.CCC(C)(CC(=O)OCC(F)(F)C(F)(F)F)OC(=O)C(C)(C)CC.CCC(C)C(=O)OC(C)(C)CC(=O)OCC(F)(F)C(F)(F)F.CCC(C)C(=O)OC(C)(CC)CC(=O)OCC(F)(F)C(F)(F)F. The topological polar surface area (TPSA) is 210 Å². The van der Waals surface area contributed by atoms with Gasteiger partial charge < -0.3 is 37.9 Å². The quantitative estimate of drug-likeness (QED) is 0.0372. The summed E-state index contributed by atoms with van der Waals surface area (Å²) in [4.78, 5) is 93.1. The van der Waals surface area contributed by atoms with Crippen molar-refractivity contribution in [1.82, 2.24) is 0 Å². The van der Waals surface area contributed by atoms with E-state index in [0.29, 0.717) is 25.7 Å². The molecule has 16 nitrogen and oxygen atoms in total. The van der Waals surface area contributed by atoms with Gasteiger partial charge in [-0.25, -0.2) is 0 Å². The van der Waals surface area contributed by atoms with Crippen LogP contribution in [-0.4, -0.2) is 145 Å². The Labute approximate surface area is 519 Å². The summed E-state index contributed by atoms with van der Waals surface area (Å²) in [5.74, 6) is -29.0. The van der Waals surface area contributed by atoms with Crippen molar-refractivity contribution in [2.45, 2.75) is 260 Å². The molecule has 0 fully saturated rings. The standard InChI is InChI=1S/C15H23F5O4.2C14H21F5O4.C13H19F5O4/c1-6-12(3,4)11(22)24-13(5,7-2)8-10(21)23-9-14(16,17)15(18,19)20;1-6-11(2,3)10(21)23-12(4,5)7-9(20)22-8-13(15,16)14(17,18)19;1-5-9(3)11(21)23-12(4,6-2)7-10(20)22-8-13(15,16)14(17,18)19;1-5-8(2)10(20)22-11(3,4)6-9(19)21-7-12(14,15)13(16,17)18/h6-9H2,1-5H3;6-8H2,1-5H3;9H,5-8H2,1-4H3;8H,5-7H2,1-4H3. The number of ether oxygens (including phenoxy) is 8. The van der Waals surface area contributed by atoms with Crippen LogP contribution in [0.5, 0.6) is 0 Å². The van der Waals surface area contributed by atoms with Crippen molar-refractivity contribution in [3.05, 3.63) is 0 Å². The van der Waals surface area contributed by atoms with E-state index in [0.717, 1.165) is 0 Å². The van der Waals surface area contributed by atoms with Crippen molar-refractivity contribution in [3.63, 3.8) is 0 Å². The minimum Gasteiger partial charge on any atom is -0.459 e. The van der Waals surface area contributed by atoms with E-state index in [1.165, 1.54) is 41.5 Å². The lowest BCUT2D eigenvalue weighted by molar-refractivity contribution is -0.294. The zero-order valence-electron chi connectivity index (χ0n) is 54.1. The summed E-state index contributed by atoms with van der Waals surface area (Å²) in [6, 6.07) is 0. The van der Waals surface area contributed by atoms with E-state index < -0.39 is 193 Å². The molecule has 544 valence electrons. The number of hydrogen-bond donors (Lipinski definition) is 0. The lowest BCUT2D eigenvalue weighted by Gasteiger charge is -2.32. The summed E-state index contributed by atoms with van der Waals surface area (Å²) in [7, 11) is 0. The molecule has 92 heavy (non-hydrogen) atoms. The van der Waals surface area contributed by atoms with Gasteiger partial charge in [0.15, 0.2) is 26.4 Å². The zero-order chi connectivity index (χ0) is 74.3. The molecule has 0 aliphatic carbocycles. The van der Waals surface area contributed by atoms with Gasteiger partial charge in [0.25, 0.3) is 0 Å². The summed E-state index contributed by atoms with van der Waals surface area (Å²) in [6.07, 6.45) is -23.5. The van der Waals surface area contributed by atoms with Crippen molar-refractivity contribution in [2.75, 3.05) is 26.4 Å². The summed E-state index contributed by atoms with van der Waals surface area (Å²) in [5, 5.41) is 0. The molecule has 0 aromatic carbocycles. The number of carbonyl (C=O) groups excluding carboxylic acids is 8. The first-order valence-corrected chi connectivity index (χ1v) is 28.0. The van der Waals surface area contributed by atoms with E-state index in [9.17, 15) is 126 Å². The van der Waals surface area contributed by atoms with Crippen LogP contribution in [0.1, 0.15) is 189 Å². The average Bonchev–Trinajstić information content (AvgIpc) is 0.880. The third-order valence-electron chi connectivity index (χ3n) is 13.3. The first kappa shape index (κ1) is 92.8. The second-order valence-corrected chi connectivity index (χ2v) is 24.0. The lowest BCUT2D eigenvalue weighted by Crippen LogP contribution is -2.43. The first-order chi connectivity index (χ1) is 40.6. The van der Waals surface area contributed by atoms with Crippen LogP contribution in [0, 0.1) is 22.7 Å². The maximum atomic E-state index is 12.7. The molecule has 0 saturated heterocycles. The highest BCUT2D eigenvalue weighted by molar-refractivity contribution is 5.79. The van der Waals surface area contributed by atoms with Crippen molar-refractivity contribution in [2.24, 2.45) is 22.7 Å². The molecule has 0 rings (SSSR count). The van der Waals surface area contributed by atoms with Crippen LogP contribution in [0.2, 0.25) is 0 Å². The van der Waals surface area contributed by atoms with Crippen LogP contribution in [-0.2, 0) is 76.3 Å².